The molecule has 0 aliphatic rings. The van der Waals surface area contributed by atoms with Crippen molar-refractivity contribution >= 4 is 22.6 Å². The first-order valence-corrected chi connectivity index (χ1v) is 9.38. The zero-order valence-electron chi connectivity index (χ0n) is 16.6. The third kappa shape index (κ3) is 3.96. The van der Waals surface area contributed by atoms with Crippen molar-refractivity contribution < 1.29 is 9.53 Å². The van der Waals surface area contributed by atoms with Crippen molar-refractivity contribution in [1.29, 1.82) is 0 Å². The summed E-state index contributed by atoms with van der Waals surface area (Å²) in [6, 6.07) is 19.2. The smallest absolute Gasteiger partial charge is 0.255 e. The predicted octanol–water partition coefficient (Wildman–Crippen LogP) is 4.36. The van der Waals surface area contributed by atoms with Gasteiger partial charge in [-0.15, -0.1) is 5.10 Å². The molecule has 0 fully saturated rings. The second-order valence-corrected chi connectivity index (χ2v) is 7.05. The monoisotopic (exact) mass is 386 g/mol. The summed E-state index contributed by atoms with van der Waals surface area (Å²) < 4.78 is 7.01. The lowest BCUT2D eigenvalue weighted by atomic mass is 10.1. The van der Waals surface area contributed by atoms with Crippen LogP contribution in [-0.2, 0) is 6.54 Å². The van der Waals surface area contributed by atoms with E-state index in [1.54, 1.807) is 19.2 Å². The van der Waals surface area contributed by atoms with E-state index in [4.69, 9.17) is 4.74 Å². The summed E-state index contributed by atoms with van der Waals surface area (Å²) in [4.78, 5) is 12.6. The number of nitrogens with one attached hydrogen (secondary N) is 1. The second kappa shape index (κ2) is 7.75. The zero-order chi connectivity index (χ0) is 20.4. The first kappa shape index (κ1) is 18.7. The lowest BCUT2D eigenvalue weighted by Crippen LogP contribution is -2.12. The van der Waals surface area contributed by atoms with Crippen LogP contribution < -0.4 is 10.1 Å². The molecule has 0 aliphatic carbocycles. The number of hydrogen-bond donors (Lipinski definition) is 1. The molecule has 0 atom stereocenters. The van der Waals surface area contributed by atoms with Gasteiger partial charge in [0, 0.05) is 11.3 Å². The fourth-order valence-corrected chi connectivity index (χ4v) is 3.16. The lowest BCUT2D eigenvalue weighted by molar-refractivity contribution is 0.102. The number of aromatic nitrogens is 3. The molecular weight excluding hydrogens is 364 g/mol. The van der Waals surface area contributed by atoms with Crippen molar-refractivity contribution in [3.05, 3.63) is 82.9 Å². The minimum atomic E-state index is -0.167. The third-order valence-corrected chi connectivity index (χ3v) is 5.03. The van der Waals surface area contributed by atoms with Crippen molar-refractivity contribution in [2.24, 2.45) is 0 Å². The number of rotatable bonds is 5. The number of methoxy groups -OCH3 is 1. The summed E-state index contributed by atoms with van der Waals surface area (Å²) in [5.41, 5.74) is 6.31. The molecule has 0 unspecified atom stereocenters. The van der Waals surface area contributed by atoms with E-state index >= 15 is 0 Å². The van der Waals surface area contributed by atoms with E-state index in [9.17, 15) is 4.79 Å². The van der Waals surface area contributed by atoms with Gasteiger partial charge in [-0.25, -0.2) is 4.68 Å². The Balaban J connectivity index is 1.53. The van der Waals surface area contributed by atoms with Gasteiger partial charge in [0.15, 0.2) is 0 Å². The fourth-order valence-electron chi connectivity index (χ4n) is 3.16. The van der Waals surface area contributed by atoms with E-state index in [-0.39, 0.29) is 5.91 Å². The number of carbonyl (C=O) groups excluding carboxylic acids is 1. The zero-order valence-corrected chi connectivity index (χ0v) is 16.6. The maximum absolute atomic E-state index is 12.6. The second-order valence-electron chi connectivity index (χ2n) is 7.05. The third-order valence-electron chi connectivity index (χ3n) is 5.03. The SMILES string of the molecule is COc1ccc(Cn2nnc3cc(C(=O)Nc4ccc(C)c(C)c4)ccc32)cc1. The van der Waals surface area contributed by atoms with E-state index in [1.165, 1.54) is 5.56 Å². The molecule has 4 rings (SSSR count). The number of aryl methyl sites for hydroxylation is 2. The van der Waals surface area contributed by atoms with Gasteiger partial charge in [-0.05, 0) is 73.0 Å². The maximum atomic E-state index is 12.6. The van der Waals surface area contributed by atoms with Crippen LogP contribution in [0.1, 0.15) is 27.0 Å². The first-order valence-electron chi connectivity index (χ1n) is 9.38. The van der Waals surface area contributed by atoms with Crippen LogP contribution in [0.25, 0.3) is 11.0 Å². The molecule has 0 aliphatic heterocycles. The quantitative estimate of drug-likeness (QED) is 0.553. The molecule has 146 valence electrons. The predicted molar refractivity (Wildman–Crippen MR) is 113 cm³/mol. The number of carbonyl (C=O) groups is 1. The molecule has 1 aromatic heterocycles. The molecule has 29 heavy (non-hydrogen) atoms. The van der Waals surface area contributed by atoms with Gasteiger partial charge in [-0.3, -0.25) is 4.79 Å². The molecule has 0 saturated heterocycles. The van der Waals surface area contributed by atoms with Gasteiger partial charge in [-0.1, -0.05) is 23.4 Å². The van der Waals surface area contributed by atoms with Crippen molar-refractivity contribution in [2.75, 3.05) is 12.4 Å². The van der Waals surface area contributed by atoms with E-state index in [2.05, 4.69) is 15.6 Å². The summed E-state index contributed by atoms with van der Waals surface area (Å²) in [5, 5.41) is 11.4. The average molecular weight is 386 g/mol. The van der Waals surface area contributed by atoms with Gasteiger partial charge in [0.1, 0.15) is 11.3 Å². The van der Waals surface area contributed by atoms with Crippen molar-refractivity contribution in [3.63, 3.8) is 0 Å². The molecule has 1 amide bonds. The number of nitrogens with zero attached hydrogens (tertiary/aromatic N) is 3. The lowest BCUT2D eigenvalue weighted by Gasteiger charge is -2.08. The van der Waals surface area contributed by atoms with Gasteiger partial charge in [0.2, 0.25) is 0 Å². The van der Waals surface area contributed by atoms with Crippen LogP contribution in [0.2, 0.25) is 0 Å². The van der Waals surface area contributed by atoms with Crippen molar-refractivity contribution in [2.45, 2.75) is 20.4 Å². The highest BCUT2D eigenvalue weighted by molar-refractivity contribution is 6.05. The normalized spacial score (nSPS) is 10.9. The summed E-state index contributed by atoms with van der Waals surface area (Å²) in [6.07, 6.45) is 0. The molecule has 0 spiro atoms. The molecule has 3 aromatic carbocycles. The molecule has 6 nitrogen and oxygen atoms in total. The highest BCUT2D eigenvalue weighted by atomic mass is 16.5. The molecule has 1 heterocycles. The Kier molecular flexibility index (Phi) is 4.99. The highest BCUT2D eigenvalue weighted by Crippen LogP contribution is 2.19. The number of anilines is 1. The largest absolute Gasteiger partial charge is 0.497 e. The molecule has 1 N–H and O–H groups in total. The van der Waals surface area contributed by atoms with E-state index in [0.29, 0.717) is 17.6 Å². The van der Waals surface area contributed by atoms with Gasteiger partial charge >= 0.3 is 0 Å². The van der Waals surface area contributed by atoms with Crippen LogP contribution in [0.3, 0.4) is 0 Å². The topological polar surface area (TPSA) is 69.0 Å². The van der Waals surface area contributed by atoms with Crippen molar-refractivity contribution in [3.8, 4) is 5.75 Å². The molecule has 0 saturated carbocycles. The minimum absolute atomic E-state index is 0.167. The Morgan fingerprint density at radius 2 is 1.79 bits per heavy atom. The van der Waals surface area contributed by atoms with Gasteiger partial charge in [0.05, 0.1) is 19.2 Å². The van der Waals surface area contributed by atoms with Crippen LogP contribution in [0.4, 0.5) is 5.69 Å². The van der Waals surface area contributed by atoms with Crippen LogP contribution in [-0.4, -0.2) is 28.0 Å². The van der Waals surface area contributed by atoms with Crippen LogP contribution in [0.15, 0.2) is 60.7 Å². The molecule has 4 aromatic rings. The number of amides is 1. The number of benzene rings is 3. The van der Waals surface area contributed by atoms with Crippen LogP contribution in [0.5, 0.6) is 5.75 Å². The number of fused-ring (bicyclic) bond motifs is 1. The molecular formula is C23H22N4O2. The summed E-state index contributed by atoms with van der Waals surface area (Å²) in [7, 11) is 1.65. The van der Waals surface area contributed by atoms with E-state index in [1.807, 2.05) is 67.1 Å². The van der Waals surface area contributed by atoms with Crippen LogP contribution in [0, 0.1) is 13.8 Å². The summed E-state index contributed by atoms with van der Waals surface area (Å²) in [5.74, 6) is 0.650. The summed E-state index contributed by atoms with van der Waals surface area (Å²) >= 11 is 0. The molecule has 0 radical (unpaired) electrons. The highest BCUT2D eigenvalue weighted by Gasteiger charge is 2.11. The maximum Gasteiger partial charge on any atom is 0.255 e. The fraction of sp³-hybridized carbons (Fsp3) is 0.174. The minimum Gasteiger partial charge on any atom is -0.497 e. The summed E-state index contributed by atoms with van der Waals surface area (Å²) in [6.45, 7) is 4.66. The molecule has 0 bridgehead atoms. The number of ether oxygens (including phenoxy) is 1. The Morgan fingerprint density at radius 3 is 2.52 bits per heavy atom. The van der Waals surface area contributed by atoms with Gasteiger partial charge in [-0.2, -0.15) is 0 Å². The Morgan fingerprint density at radius 1 is 1.00 bits per heavy atom. The van der Waals surface area contributed by atoms with Crippen molar-refractivity contribution in [1.82, 2.24) is 15.0 Å². The Labute approximate surface area is 169 Å². The van der Waals surface area contributed by atoms with Crippen LogP contribution >= 0.6 is 0 Å². The van der Waals surface area contributed by atoms with E-state index < -0.39 is 0 Å². The standard InChI is InChI=1S/C23H22N4O2/c1-15-4-8-19(12-16(15)2)24-23(28)18-7-11-22-21(13-18)25-26-27(22)14-17-5-9-20(29-3)10-6-17/h4-13H,14H2,1-3H3,(H,24,28). The van der Waals surface area contributed by atoms with Gasteiger partial charge in [0.25, 0.3) is 5.91 Å². The van der Waals surface area contributed by atoms with E-state index in [0.717, 1.165) is 28.1 Å². The Bertz CT molecular complexity index is 1180. The average Bonchev–Trinajstić information content (AvgIpc) is 3.13. The Hall–Kier alpha value is -3.67. The van der Waals surface area contributed by atoms with Gasteiger partial charge < -0.3 is 10.1 Å². The molecule has 6 heteroatoms. The first-order chi connectivity index (χ1) is 14.0. The number of hydrogen-bond acceptors (Lipinski definition) is 4.